The summed E-state index contributed by atoms with van der Waals surface area (Å²) >= 11 is 6.45. The van der Waals surface area contributed by atoms with Gasteiger partial charge in [-0.3, -0.25) is 4.79 Å². The number of halogens is 3. The summed E-state index contributed by atoms with van der Waals surface area (Å²) in [6, 6.07) is 7.16. The number of fused-ring (bicyclic) bond motifs is 1. The zero-order chi connectivity index (χ0) is 15.1. The van der Waals surface area contributed by atoms with Crippen LogP contribution in [-0.4, -0.2) is 5.91 Å². The van der Waals surface area contributed by atoms with E-state index in [1.54, 1.807) is 24.3 Å². The Morgan fingerprint density at radius 2 is 1.95 bits per heavy atom. The van der Waals surface area contributed by atoms with Crippen molar-refractivity contribution >= 4 is 43.5 Å². The van der Waals surface area contributed by atoms with Crippen molar-refractivity contribution in [3.63, 3.8) is 0 Å². The highest BCUT2D eigenvalue weighted by Crippen LogP contribution is 2.39. The minimum Gasteiger partial charge on any atom is -0.456 e. The molecule has 2 aromatic rings. The number of amides is 1. The number of anilines is 1. The average Bonchev–Trinajstić information content (AvgIpc) is 2.70. The molecule has 2 aromatic carbocycles. The molecule has 1 unspecified atom stereocenters. The van der Waals surface area contributed by atoms with Crippen molar-refractivity contribution in [1.82, 2.24) is 0 Å². The van der Waals surface area contributed by atoms with Crippen molar-refractivity contribution in [2.45, 2.75) is 6.04 Å². The number of nitrogens with two attached hydrogens (primary N) is 1. The lowest BCUT2D eigenvalue weighted by atomic mass is 10.1. The summed E-state index contributed by atoms with van der Waals surface area (Å²) in [4.78, 5) is 11.5. The predicted molar refractivity (Wildman–Crippen MR) is 83.9 cm³/mol. The van der Waals surface area contributed by atoms with Crippen molar-refractivity contribution in [2.24, 2.45) is 5.73 Å². The maximum atomic E-state index is 13.5. The molecule has 0 radical (unpaired) electrons. The molecule has 4 nitrogen and oxygen atoms in total. The lowest BCUT2D eigenvalue weighted by Gasteiger charge is -2.11. The molecule has 1 heterocycles. The molecule has 1 aliphatic heterocycles. The summed E-state index contributed by atoms with van der Waals surface area (Å²) < 4.78 is 20.1. The van der Waals surface area contributed by atoms with Crippen LogP contribution >= 0.6 is 31.9 Å². The number of carbonyl (C=O) groups excluding carboxylic acids is 1. The first-order valence-corrected chi connectivity index (χ1v) is 7.57. The number of benzene rings is 2. The van der Waals surface area contributed by atoms with Crippen LogP contribution in [0.2, 0.25) is 0 Å². The van der Waals surface area contributed by atoms with Crippen LogP contribution in [0, 0.1) is 5.82 Å². The third kappa shape index (κ3) is 2.68. The molecule has 21 heavy (non-hydrogen) atoms. The van der Waals surface area contributed by atoms with Gasteiger partial charge in [-0.15, -0.1) is 0 Å². The molecule has 0 fully saturated rings. The highest BCUT2D eigenvalue weighted by Gasteiger charge is 2.28. The van der Waals surface area contributed by atoms with Gasteiger partial charge < -0.3 is 15.8 Å². The summed E-state index contributed by atoms with van der Waals surface area (Å²) in [5.74, 6) is 0.138. The first kappa shape index (κ1) is 14.5. The second-order valence-corrected chi connectivity index (χ2v) is 6.22. The van der Waals surface area contributed by atoms with E-state index in [4.69, 9.17) is 10.5 Å². The van der Waals surface area contributed by atoms with Gasteiger partial charge in [0, 0.05) is 23.4 Å². The van der Waals surface area contributed by atoms with Gasteiger partial charge in [0.2, 0.25) is 5.91 Å². The average molecular weight is 416 g/mol. The van der Waals surface area contributed by atoms with Crippen molar-refractivity contribution in [3.8, 4) is 11.5 Å². The quantitative estimate of drug-likeness (QED) is 0.776. The fraction of sp³-hybridized carbons (Fsp3) is 0.0714. The van der Waals surface area contributed by atoms with Gasteiger partial charge in [0.25, 0.3) is 0 Å². The van der Waals surface area contributed by atoms with Crippen LogP contribution in [0.3, 0.4) is 0 Å². The molecule has 108 valence electrons. The number of carbonyl (C=O) groups is 1. The van der Waals surface area contributed by atoms with E-state index in [1.807, 2.05) is 0 Å². The SMILES string of the molecule is NC1C(=O)Nc2cc(Oc3ccc(Br)c(F)c3)c(Br)cc21. The lowest BCUT2D eigenvalue weighted by Crippen LogP contribution is -2.19. The Balaban J connectivity index is 1.95. The fourth-order valence-corrected chi connectivity index (χ4v) is 2.72. The Bertz CT molecular complexity index is 752. The highest BCUT2D eigenvalue weighted by atomic mass is 79.9. The van der Waals surface area contributed by atoms with Crippen LogP contribution < -0.4 is 15.8 Å². The number of ether oxygens (including phenoxy) is 1. The number of hydrogen-bond donors (Lipinski definition) is 2. The van der Waals surface area contributed by atoms with E-state index in [0.717, 1.165) is 0 Å². The maximum absolute atomic E-state index is 13.5. The monoisotopic (exact) mass is 414 g/mol. The maximum Gasteiger partial charge on any atom is 0.245 e. The smallest absolute Gasteiger partial charge is 0.245 e. The Morgan fingerprint density at radius 3 is 2.67 bits per heavy atom. The van der Waals surface area contributed by atoms with Crippen LogP contribution in [0.1, 0.15) is 11.6 Å². The zero-order valence-electron chi connectivity index (χ0n) is 10.5. The van der Waals surface area contributed by atoms with Crippen molar-refractivity contribution in [2.75, 3.05) is 5.32 Å². The Morgan fingerprint density at radius 1 is 1.19 bits per heavy atom. The standard InChI is InChI=1S/C14H9Br2FN2O2/c15-8-2-1-6(3-10(8)17)21-12-5-11-7(4-9(12)16)13(18)14(20)19-11/h1-5,13H,18H2,(H,19,20). The molecule has 1 aliphatic rings. The molecule has 7 heteroatoms. The number of rotatable bonds is 2. The first-order valence-electron chi connectivity index (χ1n) is 5.98. The topological polar surface area (TPSA) is 64.4 Å². The van der Waals surface area contributed by atoms with Crippen LogP contribution in [0.15, 0.2) is 39.3 Å². The number of nitrogens with one attached hydrogen (secondary N) is 1. The molecule has 0 saturated heterocycles. The second kappa shape index (κ2) is 5.40. The Hall–Kier alpha value is -1.44. The minimum absolute atomic E-state index is 0.260. The molecule has 3 rings (SSSR count). The molecule has 0 bridgehead atoms. The van der Waals surface area contributed by atoms with E-state index in [9.17, 15) is 9.18 Å². The van der Waals surface area contributed by atoms with Gasteiger partial charge in [0.1, 0.15) is 23.4 Å². The third-order valence-corrected chi connectivity index (χ3v) is 4.36. The Kier molecular flexibility index (Phi) is 3.73. The summed E-state index contributed by atoms with van der Waals surface area (Å²) in [7, 11) is 0. The summed E-state index contributed by atoms with van der Waals surface area (Å²) in [5.41, 5.74) is 7.07. The van der Waals surface area contributed by atoms with Crippen molar-refractivity contribution < 1.29 is 13.9 Å². The molecular weight excluding hydrogens is 407 g/mol. The van der Waals surface area contributed by atoms with Gasteiger partial charge in [0.15, 0.2) is 0 Å². The lowest BCUT2D eigenvalue weighted by molar-refractivity contribution is -0.116. The molecule has 0 aliphatic carbocycles. The normalized spacial score (nSPS) is 16.6. The third-order valence-electron chi connectivity index (χ3n) is 3.10. The van der Waals surface area contributed by atoms with Crippen LogP contribution in [0.5, 0.6) is 11.5 Å². The molecule has 0 saturated carbocycles. The molecule has 0 aromatic heterocycles. The zero-order valence-corrected chi connectivity index (χ0v) is 13.7. The van der Waals surface area contributed by atoms with Gasteiger partial charge in [-0.05, 0) is 50.1 Å². The van der Waals surface area contributed by atoms with Gasteiger partial charge in [0.05, 0.1) is 8.95 Å². The van der Waals surface area contributed by atoms with E-state index in [2.05, 4.69) is 37.2 Å². The van der Waals surface area contributed by atoms with Gasteiger partial charge >= 0.3 is 0 Å². The fourth-order valence-electron chi connectivity index (χ4n) is 2.03. The molecular formula is C14H9Br2FN2O2. The molecule has 1 atom stereocenters. The molecule has 1 amide bonds. The van der Waals surface area contributed by atoms with Crippen LogP contribution in [0.25, 0.3) is 0 Å². The van der Waals surface area contributed by atoms with Gasteiger partial charge in [-0.25, -0.2) is 4.39 Å². The largest absolute Gasteiger partial charge is 0.456 e. The van der Waals surface area contributed by atoms with Gasteiger partial charge in [-0.1, -0.05) is 0 Å². The Labute approximate surface area is 136 Å². The van der Waals surface area contributed by atoms with E-state index in [1.165, 1.54) is 6.07 Å². The molecule has 3 N–H and O–H groups in total. The minimum atomic E-state index is -0.685. The summed E-state index contributed by atoms with van der Waals surface area (Å²) in [5, 5.41) is 2.67. The molecule has 0 spiro atoms. The summed E-state index contributed by atoms with van der Waals surface area (Å²) in [6.45, 7) is 0. The van der Waals surface area contributed by atoms with Crippen LogP contribution in [-0.2, 0) is 4.79 Å². The number of hydrogen-bond acceptors (Lipinski definition) is 3. The van der Waals surface area contributed by atoms with Gasteiger partial charge in [-0.2, -0.15) is 0 Å². The summed E-state index contributed by atoms with van der Waals surface area (Å²) in [6.07, 6.45) is 0. The van der Waals surface area contributed by atoms with E-state index < -0.39 is 11.9 Å². The highest BCUT2D eigenvalue weighted by molar-refractivity contribution is 9.10. The second-order valence-electron chi connectivity index (χ2n) is 4.51. The van der Waals surface area contributed by atoms with Crippen molar-refractivity contribution in [1.29, 1.82) is 0 Å². The van der Waals surface area contributed by atoms with E-state index in [-0.39, 0.29) is 5.91 Å². The predicted octanol–water partition coefficient (Wildman–Crippen LogP) is 4.09. The van der Waals surface area contributed by atoms with E-state index >= 15 is 0 Å². The first-order chi connectivity index (χ1) is 9.95. The van der Waals surface area contributed by atoms with Crippen LogP contribution in [0.4, 0.5) is 10.1 Å². The van der Waals surface area contributed by atoms with Crippen molar-refractivity contribution in [3.05, 3.63) is 50.7 Å². The van der Waals surface area contributed by atoms with E-state index in [0.29, 0.717) is 31.7 Å².